The lowest BCUT2D eigenvalue weighted by molar-refractivity contribution is 0.134. The number of ether oxygens (including phenoxy) is 1. The van der Waals surface area contributed by atoms with Crippen LogP contribution < -0.4 is 15.4 Å². The molecule has 0 radical (unpaired) electrons. The van der Waals surface area contributed by atoms with Gasteiger partial charge in [0.15, 0.2) is 6.23 Å². The van der Waals surface area contributed by atoms with Gasteiger partial charge in [-0.1, -0.05) is 30.3 Å². The van der Waals surface area contributed by atoms with Crippen LogP contribution in [0.25, 0.3) is 0 Å². The second-order valence-corrected chi connectivity index (χ2v) is 6.72. The first-order chi connectivity index (χ1) is 13.4. The largest absolute Gasteiger partial charge is 0.473 e. The highest BCUT2D eigenvalue weighted by Gasteiger charge is 2.19. The van der Waals surface area contributed by atoms with E-state index in [1.807, 2.05) is 42.7 Å². The van der Waals surface area contributed by atoms with Gasteiger partial charge in [0.2, 0.25) is 0 Å². The van der Waals surface area contributed by atoms with Crippen molar-refractivity contribution in [2.75, 3.05) is 0 Å². The molecule has 1 aromatic carbocycles. The van der Waals surface area contributed by atoms with Crippen molar-refractivity contribution in [3.05, 3.63) is 89.5 Å². The Morgan fingerprint density at radius 2 is 1.67 bits per heavy atom. The molecule has 0 amide bonds. The molecule has 0 bridgehead atoms. The van der Waals surface area contributed by atoms with E-state index in [4.69, 9.17) is 4.74 Å². The van der Waals surface area contributed by atoms with E-state index in [9.17, 15) is 0 Å². The highest BCUT2D eigenvalue weighted by atomic mass is 16.5. The average molecular weight is 360 g/mol. The lowest BCUT2D eigenvalue weighted by Crippen LogP contribution is -2.37. The van der Waals surface area contributed by atoms with Crippen LogP contribution in [0.15, 0.2) is 67.0 Å². The van der Waals surface area contributed by atoms with Crippen molar-refractivity contribution in [2.45, 2.75) is 38.7 Å². The Hall–Kier alpha value is -2.76. The minimum Gasteiger partial charge on any atom is -0.473 e. The first kappa shape index (κ1) is 17.6. The summed E-state index contributed by atoms with van der Waals surface area (Å²) in [6.07, 6.45) is 5.59. The van der Waals surface area contributed by atoms with Crippen LogP contribution in [0.5, 0.6) is 5.75 Å². The number of nitrogens with zero attached hydrogens (tertiary/aromatic N) is 2. The van der Waals surface area contributed by atoms with E-state index >= 15 is 0 Å². The van der Waals surface area contributed by atoms with E-state index in [0.29, 0.717) is 0 Å². The fraction of sp³-hybridized carbons (Fsp3) is 0.273. The Labute approximate surface area is 159 Å². The number of pyridine rings is 2. The molecule has 0 saturated heterocycles. The number of aryl methyl sites for hydroxylation is 1. The Balaban J connectivity index is 1.22. The summed E-state index contributed by atoms with van der Waals surface area (Å²) in [5.74, 6) is 0.899. The van der Waals surface area contributed by atoms with Gasteiger partial charge < -0.3 is 10.1 Å². The molecule has 0 spiro atoms. The lowest BCUT2D eigenvalue weighted by Gasteiger charge is -2.26. The molecular formula is C22H24N4O. The smallest absolute Gasteiger partial charge is 0.150 e. The van der Waals surface area contributed by atoms with Crippen molar-refractivity contribution >= 4 is 0 Å². The topological polar surface area (TPSA) is 59.1 Å². The number of hydrogen-bond acceptors (Lipinski definition) is 5. The highest BCUT2D eigenvalue weighted by molar-refractivity contribution is 5.29. The molecule has 1 aliphatic rings. The van der Waals surface area contributed by atoms with E-state index in [1.54, 1.807) is 0 Å². The third-order valence-electron chi connectivity index (χ3n) is 4.68. The third kappa shape index (κ3) is 4.90. The van der Waals surface area contributed by atoms with Crippen molar-refractivity contribution in [1.29, 1.82) is 0 Å². The second kappa shape index (κ2) is 8.75. The zero-order valence-electron chi connectivity index (χ0n) is 15.3. The molecule has 2 aromatic heterocycles. The van der Waals surface area contributed by atoms with Gasteiger partial charge in [0.05, 0.1) is 11.4 Å². The SMILES string of the molecule is c1ccc(CNCc2ccc(CNC3CCc4ncccc4O3)cc2)nc1. The molecule has 0 saturated carbocycles. The zero-order chi connectivity index (χ0) is 18.3. The molecule has 1 unspecified atom stereocenters. The molecule has 0 aliphatic carbocycles. The van der Waals surface area contributed by atoms with Crippen LogP contribution >= 0.6 is 0 Å². The van der Waals surface area contributed by atoms with Crippen molar-refractivity contribution in [1.82, 2.24) is 20.6 Å². The number of hydrogen-bond donors (Lipinski definition) is 2. The van der Waals surface area contributed by atoms with Gasteiger partial charge in [-0.25, -0.2) is 0 Å². The van der Waals surface area contributed by atoms with Gasteiger partial charge in [0.1, 0.15) is 5.75 Å². The van der Waals surface area contributed by atoms with Crippen molar-refractivity contribution in [2.24, 2.45) is 0 Å². The van der Waals surface area contributed by atoms with Gasteiger partial charge in [-0.15, -0.1) is 0 Å². The molecule has 1 aliphatic heterocycles. The first-order valence-electron chi connectivity index (χ1n) is 9.39. The van der Waals surface area contributed by atoms with Crippen LogP contribution in [-0.2, 0) is 26.1 Å². The predicted octanol–water partition coefficient (Wildman–Crippen LogP) is 3.21. The number of aromatic nitrogens is 2. The fourth-order valence-corrected chi connectivity index (χ4v) is 3.19. The average Bonchev–Trinajstić information content (AvgIpc) is 2.74. The van der Waals surface area contributed by atoms with E-state index in [1.165, 1.54) is 11.1 Å². The lowest BCUT2D eigenvalue weighted by atomic mass is 10.1. The van der Waals surface area contributed by atoms with Crippen molar-refractivity contribution in [3.8, 4) is 5.75 Å². The summed E-state index contributed by atoms with van der Waals surface area (Å²) in [7, 11) is 0. The minimum absolute atomic E-state index is 0.0430. The van der Waals surface area contributed by atoms with Gasteiger partial charge >= 0.3 is 0 Å². The maximum absolute atomic E-state index is 5.98. The summed E-state index contributed by atoms with van der Waals surface area (Å²) < 4.78 is 5.98. The molecular weight excluding hydrogens is 336 g/mol. The molecule has 0 fully saturated rings. The third-order valence-corrected chi connectivity index (χ3v) is 4.68. The maximum atomic E-state index is 5.98. The summed E-state index contributed by atoms with van der Waals surface area (Å²) >= 11 is 0. The molecule has 5 heteroatoms. The Bertz CT molecular complexity index is 852. The molecule has 5 nitrogen and oxygen atoms in total. The van der Waals surface area contributed by atoms with Crippen LogP contribution in [0.1, 0.15) is 28.9 Å². The Kier molecular flexibility index (Phi) is 5.72. The van der Waals surface area contributed by atoms with Crippen LogP contribution in [0.4, 0.5) is 0 Å². The maximum Gasteiger partial charge on any atom is 0.150 e. The van der Waals surface area contributed by atoms with Gasteiger partial charge in [0, 0.05) is 38.4 Å². The number of nitrogens with one attached hydrogen (secondary N) is 2. The zero-order valence-corrected chi connectivity index (χ0v) is 15.3. The molecule has 1 atom stereocenters. The monoisotopic (exact) mass is 360 g/mol. The van der Waals surface area contributed by atoms with Gasteiger partial charge in [-0.3, -0.25) is 15.3 Å². The molecule has 138 valence electrons. The van der Waals surface area contributed by atoms with E-state index in [-0.39, 0.29) is 6.23 Å². The molecule has 27 heavy (non-hydrogen) atoms. The van der Waals surface area contributed by atoms with Crippen LogP contribution in [0.2, 0.25) is 0 Å². The quantitative estimate of drug-likeness (QED) is 0.678. The highest BCUT2D eigenvalue weighted by Crippen LogP contribution is 2.24. The summed E-state index contributed by atoms with van der Waals surface area (Å²) in [6, 6.07) is 18.6. The number of fused-ring (bicyclic) bond motifs is 1. The minimum atomic E-state index is 0.0430. The summed E-state index contributed by atoms with van der Waals surface area (Å²) in [5.41, 5.74) is 4.63. The van der Waals surface area contributed by atoms with Crippen molar-refractivity contribution in [3.63, 3.8) is 0 Å². The Morgan fingerprint density at radius 3 is 2.48 bits per heavy atom. The van der Waals surface area contributed by atoms with E-state index in [0.717, 1.165) is 49.6 Å². The van der Waals surface area contributed by atoms with Crippen LogP contribution in [0, 0.1) is 0 Å². The van der Waals surface area contributed by atoms with Crippen LogP contribution in [0.3, 0.4) is 0 Å². The Morgan fingerprint density at radius 1 is 0.852 bits per heavy atom. The predicted molar refractivity (Wildman–Crippen MR) is 105 cm³/mol. The van der Waals surface area contributed by atoms with E-state index < -0.39 is 0 Å². The molecule has 3 aromatic rings. The standard InChI is InChI=1S/C22H24N4O/c1-2-12-24-19(4-1)16-23-14-17-6-8-18(9-7-17)15-26-22-11-10-20-21(27-22)5-3-13-25-20/h1-9,12-13,22-23,26H,10-11,14-16H2. The van der Waals surface area contributed by atoms with Crippen LogP contribution in [-0.4, -0.2) is 16.2 Å². The fourth-order valence-electron chi connectivity index (χ4n) is 3.19. The van der Waals surface area contributed by atoms with Gasteiger partial charge in [-0.2, -0.15) is 0 Å². The summed E-state index contributed by atoms with van der Waals surface area (Å²) in [5, 5.41) is 6.92. The molecule has 2 N–H and O–H groups in total. The first-order valence-corrected chi connectivity index (χ1v) is 9.39. The molecule has 3 heterocycles. The summed E-state index contributed by atoms with van der Waals surface area (Å²) in [6.45, 7) is 2.40. The van der Waals surface area contributed by atoms with Gasteiger partial charge in [0.25, 0.3) is 0 Å². The number of rotatable bonds is 7. The van der Waals surface area contributed by atoms with Crippen molar-refractivity contribution < 1.29 is 4.74 Å². The van der Waals surface area contributed by atoms with E-state index in [2.05, 4.69) is 44.9 Å². The second-order valence-electron chi connectivity index (χ2n) is 6.72. The summed E-state index contributed by atoms with van der Waals surface area (Å²) in [4.78, 5) is 8.68. The van der Waals surface area contributed by atoms with Gasteiger partial charge in [-0.05, 0) is 41.8 Å². The normalized spacial score (nSPS) is 15.8. The molecule has 4 rings (SSSR count). The number of benzene rings is 1.